The highest BCUT2D eigenvalue weighted by Crippen LogP contribution is 2.25. The van der Waals surface area contributed by atoms with E-state index in [0.29, 0.717) is 0 Å². The summed E-state index contributed by atoms with van der Waals surface area (Å²) >= 11 is 0. The van der Waals surface area contributed by atoms with Crippen molar-refractivity contribution < 1.29 is 9.53 Å². The second kappa shape index (κ2) is 9.97. The topological polar surface area (TPSA) is 64.3 Å². The number of para-hydroxylation sites is 1. The lowest BCUT2D eigenvalue weighted by Gasteiger charge is -2.32. The highest BCUT2D eigenvalue weighted by atomic mass is 16.5. The number of benzene rings is 2. The molecule has 1 aliphatic heterocycles. The van der Waals surface area contributed by atoms with Crippen LogP contribution in [0.5, 0.6) is 5.75 Å². The summed E-state index contributed by atoms with van der Waals surface area (Å²) in [5.41, 5.74) is 2.95. The third kappa shape index (κ3) is 4.75. The summed E-state index contributed by atoms with van der Waals surface area (Å²) in [6.07, 6.45) is 7.92. The van der Waals surface area contributed by atoms with Gasteiger partial charge in [0, 0.05) is 36.7 Å². The number of likely N-dealkylation sites (tertiary alicyclic amines) is 1. The molecule has 0 aliphatic carbocycles. The lowest BCUT2D eigenvalue weighted by molar-refractivity contribution is -0.121. The maximum absolute atomic E-state index is 13.0. The lowest BCUT2D eigenvalue weighted by atomic mass is 9.96. The normalized spacial score (nSPS) is 16.3. The molecule has 2 aromatic heterocycles. The summed E-state index contributed by atoms with van der Waals surface area (Å²) in [6, 6.07) is 21.7. The summed E-state index contributed by atoms with van der Waals surface area (Å²) in [6.45, 7) is 2.43. The fourth-order valence-corrected chi connectivity index (χ4v) is 4.57. The molecule has 34 heavy (non-hydrogen) atoms. The Morgan fingerprint density at radius 1 is 1.06 bits per heavy atom. The van der Waals surface area contributed by atoms with Crippen LogP contribution in [-0.4, -0.2) is 45.4 Å². The van der Waals surface area contributed by atoms with Crippen molar-refractivity contribution in [1.82, 2.24) is 19.2 Å². The zero-order valence-corrected chi connectivity index (χ0v) is 19.3. The molecule has 2 aromatic carbocycles. The Kier molecular flexibility index (Phi) is 6.44. The molecule has 1 fully saturated rings. The van der Waals surface area contributed by atoms with Crippen LogP contribution in [0.15, 0.2) is 85.3 Å². The van der Waals surface area contributed by atoms with Crippen molar-refractivity contribution in [2.24, 2.45) is 5.92 Å². The molecular weight excluding hydrogens is 426 g/mol. The number of ether oxygens (including phenoxy) is 1. The molecule has 1 N–H and O–H groups in total. The zero-order chi connectivity index (χ0) is 23.3. The number of piperidine rings is 1. The van der Waals surface area contributed by atoms with Crippen LogP contribution in [0.2, 0.25) is 0 Å². The van der Waals surface area contributed by atoms with Crippen molar-refractivity contribution in [2.45, 2.75) is 19.4 Å². The molecule has 1 atom stereocenters. The SMILES string of the molecule is COc1ccc(NC(=O)C2CCCN(Cc3cnn(-c4ccccc4)c3-n3cccc3)C2)cc1. The van der Waals surface area contributed by atoms with Crippen molar-refractivity contribution in [2.75, 3.05) is 25.5 Å². The third-order valence-electron chi connectivity index (χ3n) is 6.29. The molecule has 0 radical (unpaired) electrons. The van der Waals surface area contributed by atoms with E-state index in [0.717, 1.165) is 61.0 Å². The van der Waals surface area contributed by atoms with E-state index in [-0.39, 0.29) is 11.8 Å². The van der Waals surface area contributed by atoms with Gasteiger partial charge in [-0.1, -0.05) is 18.2 Å². The standard InChI is InChI=1S/C27H29N5O2/c1-34-25-13-11-23(12-14-25)29-26(33)21-8-7-15-30(19-21)20-22-18-28-32(24-9-3-2-4-10-24)27(22)31-16-5-6-17-31/h2-6,9-14,16-18,21H,7-8,15,19-20H2,1H3,(H,29,33). The second-order valence-electron chi connectivity index (χ2n) is 8.62. The van der Waals surface area contributed by atoms with Crippen LogP contribution >= 0.6 is 0 Å². The Morgan fingerprint density at radius 2 is 1.82 bits per heavy atom. The van der Waals surface area contributed by atoms with Gasteiger partial charge in [-0.05, 0) is 67.9 Å². The summed E-state index contributed by atoms with van der Waals surface area (Å²) < 4.78 is 9.28. The van der Waals surface area contributed by atoms with E-state index in [1.807, 2.05) is 77.9 Å². The van der Waals surface area contributed by atoms with Gasteiger partial charge in [0.05, 0.1) is 24.9 Å². The van der Waals surface area contributed by atoms with Gasteiger partial charge in [-0.25, -0.2) is 4.68 Å². The van der Waals surface area contributed by atoms with E-state index < -0.39 is 0 Å². The number of rotatable bonds is 7. The van der Waals surface area contributed by atoms with Crippen molar-refractivity contribution in [1.29, 1.82) is 0 Å². The van der Waals surface area contributed by atoms with Crippen molar-refractivity contribution >= 4 is 11.6 Å². The molecule has 0 bridgehead atoms. The van der Waals surface area contributed by atoms with Crippen LogP contribution in [0.1, 0.15) is 18.4 Å². The maximum Gasteiger partial charge on any atom is 0.228 e. The second-order valence-corrected chi connectivity index (χ2v) is 8.62. The molecule has 0 saturated carbocycles. The molecule has 0 spiro atoms. The molecular formula is C27H29N5O2. The number of aromatic nitrogens is 3. The average Bonchev–Trinajstić information content (AvgIpc) is 3.55. The molecule has 1 saturated heterocycles. The predicted octanol–water partition coefficient (Wildman–Crippen LogP) is 4.52. The van der Waals surface area contributed by atoms with E-state index >= 15 is 0 Å². The minimum absolute atomic E-state index is 0.0463. The number of amides is 1. The van der Waals surface area contributed by atoms with Crippen molar-refractivity contribution in [3.05, 3.63) is 90.9 Å². The Labute approximate surface area is 199 Å². The quantitative estimate of drug-likeness (QED) is 0.445. The first-order valence-corrected chi connectivity index (χ1v) is 11.6. The fourth-order valence-electron chi connectivity index (χ4n) is 4.57. The van der Waals surface area contributed by atoms with Crippen LogP contribution in [0.4, 0.5) is 5.69 Å². The van der Waals surface area contributed by atoms with Gasteiger partial charge in [0.2, 0.25) is 5.91 Å². The Balaban J connectivity index is 1.31. The number of methoxy groups -OCH3 is 1. The Bertz CT molecular complexity index is 1220. The molecule has 3 heterocycles. The Morgan fingerprint density at radius 3 is 2.56 bits per heavy atom. The highest BCUT2D eigenvalue weighted by molar-refractivity contribution is 5.92. The summed E-state index contributed by atoms with van der Waals surface area (Å²) in [5.74, 6) is 1.83. The van der Waals surface area contributed by atoms with Gasteiger partial charge in [-0.3, -0.25) is 9.69 Å². The van der Waals surface area contributed by atoms with E-state index in [4.69, 9.17) is 9.84 Å². The molecule has 4 aromatic rings. The van der Waals surface area contributed by atoms with Crippen LogP contribution in [0.25, 0.3) is 11.5 Å². The van der Waals surface area contributed by atoms with E-state index in [9.17, 15) is 4.79 Å². The number of hydrogen-bond donors (Lipinski definition) is 1. The summed E-state index contributed by atoms with van der Waals surface area (Å²) in [5, 5.41) is 7.78. The van der Waals surface area contributed by atoms with E-state index in [2.05, 4.69) is 26.9 Å². The number of carbonyl (C=O) groups is 1. The third-order valence-corrected chi connectivity index (χ3v) is 6.29. The number of nitrogens with zero attached hydrogens (tertiary/aromatic N) is 4. The number of nitrogens with one attached hydrogen (secondary N) is 1. The predicted molar refractivity (Wildman–Crippen MR) is 133 cm³/mol. The van der Waals surface area contributed by atoms with Crippen LogP contribution in [0.3, 0.4) is 0 Å². The van der Waals surface area contributed by atoms with Gasteiger partial charge >= 0.3 is 0 Å². The van der Waals surface area contributed by atoms with Gasteiger partial charge < -0.3 is 14.6 Å². The highest BCUT2D eigenvalue weighted by Gasteiger charge is 2.27. The first-order chi connectivity index (χ1) is 16.7. The first kappa shape index (κ1) is 22.0. The largest absolute Gasteiger partial charge is 0.497 e. The molecule has 1 unspecified atom stereocenters. The molecule has 7 heteroatoms. The summed E-state index contributed by atoms with van der Waals surface area (Å²) in [7, 11) is 1.63. The van der Waals surface area contributed by atoms with Gasteiger partial charge in [0.25, 0.3) is 0 Å². The van der Waals surface area contributed by atoms with Gasteiger partial charge in [-0.2, -0.15) is 5.10 Å². The van der Waals surface area contributed by atoms with Gasteiger partial charge in [0.15, 0.2) is 0 Å². The molecule has 1 aliphatic rings. The molecule has 174 valence electrons. The van der Waals surface area contributed by atoms with E-state index in [1.54, 1.807) is 7.11 Å². The number of carbonyl (C=O) groups excluding carboxylic acids is 1. The van der Waals surface area contributed by atoms with Gasteiger partial charge in [0.1, 0.15) is 11.6 Å². The average molecular weight is 456 g/mol. The first-order valence-electron chi connectivity index (χ1n) is 11.6. The van der Waals surface area contributed by atoms with Crippen LogP contribution in [0, 0.1) is 5.92 Å². The minimum atomic E-state index is -0.0463. The molecule has 7 nitrogen and oxygen atoms in total. The minimum Gasteiger partial charge on any atom is -0.497 e. The zero-order valence-electron chi connectivity index (χ0n) is 19.3. The van der Waals surface area contributed by atoms with Crippen LogP contribution in [-0.2, 0) is 11.3 Å². The molecule has 1 amide bonds. The van der Waals surface area contributed by atoms with Crippen molar-refractivity contribution in [3.8, 4) is 17.3 Å². The smallest absolute Gasteiger partial charge is 0.228 e. The lowest BCUT2D eigenvalue weighted by Crippen LogP contribution is -2.40. The number of hydrogen-bond acceptors (Lipinski definition) is 4. The molecule has 5 rings (SSSR count). The monoisotopic (exact) mass is 455 g/mol. The van der Waals surface area contributed by atoms with Crippen LogP contribution < -0.4 is 10.1 Å². The van der Waals surface area contributed by atoms with Gasteiger partial charge in [-0.15, -0.1) is 0 Å². The fraction of sp³-hybridized carbons (Fsp3) is 0.259. The summed E-state index contributed by atoms with van der Waals surface area (Å²) in [4.78, 5) is 15.3. The van der Waals surface area contributed by atoms with Crippen molar-refractivity contribution in [3.63, 3.8) is 0 Å². The maximum atomic E-state index is 13.0. The Hall–Kier alpha value is -3.84. The van der Waals surface area contributed by atoms with E-state index in [1.165, 1.54) is 0 Å². The number of anilines is 1.